The molecule has 1 atom stereocenters. The number of β-amino-alcohol motifs (C(OH)–C–C–N with tert-alkyl or cyclic N) is 1. The lowest BCUT2D eigenvalue weighted by molar-refractivity contribution is -0.384. The Bertz CT molecular complexity index is 970. The van der Waals surface area contributed by atoms with Gasteiger partial charge in [-0.2, -0.15) is 5.10 Å². The molecule has 0 spiro atoms. The van der Waals surface area contributed by atoms with E-state index in [1.807, 2.05) is 6.07 Å². The van der Waals surface area contributed by atoms with Crippen LogP contribution in [0, 0.1) is 10.1 Å². The van der Waals surface area contributed by atoms with Crippen LogP contribution in [0.3, 0.4) is 0 Å². The number of benzene rings is 2. The van der Waals surface area contributed by atoms with Gasteiger partial charge in [0.15, 0.2) is 5.82 Å². The molecule has 1 aromatic heterocycles. The standard InChI is InChI=1S/C20H21N5O3/c26-19(12-23-10-9-15-3-1-2-4-17(15)11-23)13-24-14-21-20(22-24)16-5-7-18(8-6-16)25(27)28/h1-8,14,19,26H,9-13H2/t19-/m1/s1. The monoisotopic (exact) mass is 379 g/mol. The summed E-state index contributed by atoms with van der Waals surface area (Å²) in [6, 6.07) is 14.5. The predicted octanol–water partition coefficient (Wildman–Crippen LogP) is 2.27. The number of fused-ring (bicyclic) bond motifs is 1. The fourth-order valence-corrected chi connectivity index (χ4v) is 3.53. The molecule has 8 heteroatoms. The highest BCUT2D eigenvalue weighted by molar-refractivity contribution is 5.56. The molecule has 2 aromatic carbocycles. The zero-order valence-electron chi connectivity index (χ0n) is 15.3. The summed E-state index contributed by atoms with van der Waals surface area (Å²) in [4.78, 5) is 16.8. The highest BCUT2D eigenvalue weighted by Gasteiger charge is 2.19. The van der Waals surface area contributed by atoms with Crippen molar-refractivity contribution in [1.29, 1.82) is 0 Å². The molecule has 0 amide bonds. The lowest BCUT2D eigenvalue weighted by Gasteiger charge is -2.30. The van der Waals surface area contributed by atoms with Gasteiger partial charge in [0.25, 0.3) is 5.69 Å². The number of rotatable bonds is 6. The van der Waals surface area contributed by atoms with Gasteiger partial charge in [-0.3, -0.25) is 15.0 Å². The third kappa shape index (κ3) is 4.08. The Labute approximate surface area is 162 Å². The molecule has 0 aliphatic carbocycles. The Morgan fingerprint density at radius 1 is 1.11 bits per heavy atom. The number of hydrogen-bond donors (Lipinski definition) is 1. The van der Waals surface area contributed by atoms with Gasteiger partial charge in [-0.15, -0.1) is 0 Å². The topological polar surface area (TPSA) is 97.3 Å². The Morgan fingerprint density at radius 2 is 1.86 bits per heavy atom. The summed E-state index contributed by atoms with van der Waals surface area (Å²) < 4.78 is 1.61. The molecule has 0 unspecified atom stereocenters. The molecular formula is C20H21N5O3. The lowest BCUT2D eigenvalue weighted by Crippen LogP contribution is -2.38. The van der Waals surface area contributed by atoms with Crippen molar-refractivity contribution in [3.05, 3.63) is 76.1 Å². The van der Waals surface area contributed by atoms with Gasteiger partial charge < -0.3 is 5.11 Å². The van der Waals surface area contributed by atoms with Crippen molar-refractivity contribution in [2.75, 3.05) is 13.1 Å². The van der Waals surface area contributed by atoms with Crippen molar-refractivity contribution in [2.24, 2.45) is 0 Å². The normalized spacial score (nSPS) is 15.2. The number of nitro benzene ring substituents is 1. The fourth-order valence-electron chi connectivity index (χ4n) is 3.53. The smallest absolute Gasteiger partial charge is 0.269 e. The van der Waals surface area contributed by atoms with E-state index in [1.54, 1.807) is 23.1 Å². The van der Waals surface area contributed by atoms with E-state index in [0.29, 0.717) is 24.5 Å². The molecule has 0 bridgehead atoms. The molecule has 1 N–H and O–H groups in total. The van der Waals surface area contributed by atoms with Crippen LogP contribution in [0.2, 0.25) is 0 Å². The minimum atomic E-state index is -0.559. The summed E-state index contributed by atoms with van der Waals surface area (Å²) >= 11 is 0. The zero-order valence-corrected chi connectivity index (χ0v) is 15.3. The van der Waals surface area contributed by atoms with Crippen LogP contribution in [0.25, 0.3) is 11.4 Å². The zero-order chi connectivity index (χ0) is 19.5. The second-order valence-corrected chi connectivity index (χ2v) is 7.00. The molecule has 3 aromatic rings. The first kappa shape index (κ1) is 18.3. The Kier molecular flexibility index (Phi) is 5.14. The molecule has 2 heterocycles. The van der Waals surface area contributed by atoms with E-state index >= 15 is 0 Å². The lowest BCUT2D eigenvalue weighted by atomic mass is 10.00. The van der Waals surface area contributed by atoms with Crippen LogP contribution in [-0.4, -0.2) is 48.9 Å². The van der Waals surface area contributed by atoms with Crippen molar-refractivity contribution in [1.82, 2.24) is 19.7 Å². The molecule has 8 nitrogen and oxygen atoms in total. The predicted molar refractivity (Wildman–Crippen MR) is 104 cm³/mol. The molecule has 0 saturated heterocycles. The van der Waals surface area contributed by atoms with Gasteiger partial charge in [0, 0.05) is 37.3 Å². The Morgan fingerprint density at radius 3 is 2.61 bits per heavy atom. The molecule has 4 rings (SSSR count). The molecule has 1 aliphatic heterocycles. The highest BCUT2D eigenvalue weighted by atomic mass is 16.6. The third-order valence-corrected chi connectivity index (χ3v) is 4.95. The number of nitro groups is 1. The number of aromatic nitrogens is 3. The van der Waals surface area contributed by atoms with E-state index in [2.05, 4.69) is 33.2 Å². The van der Waals surface area contributed by atoms with Crippen molar-refractivity contribution in [3.63, 3.8) is 0 Å². The number of aliphatic hydroxyl groups excluding tert-OH is 1. The Hall–Kier alpha value is -3.10. The first-order chi connectivity index (χ1) is 13.6. The van der Waals surface area contributed by atoms with E-state index in [0.717, 1.165) is 19.5 Å². The van der Waals surface area contributed by atoms with Crippen LogP contribution in [0.1, 0.15) is 11.1 Å². The number of aliphatic hydroxyl groups is 1. The van der Waals surface area contributed by atoms with Gasteiger partial charge in [-0.25, -0.2) is 9.67 Å². The maximum absolute atomic E-state index is 10.7. The molecule has 144 valence electrons. The van der Waals surface area contributed by atoms with Gasteiger partial charge in [0.05, 0.1) is 17.6 Å². The maximum atomic E-state index is 10.7. The molecule has 28 heavy (non-hydrogen) atoms. The quantitative estimate of drug-likeness (QED) is 0.521. The summed E-state index contributed by atoms with van der Waals surface area (Å²) in [7, 11) is 0. The average molecular weight is 379 g/mol. The molecule has 0 radical (unpaired) electrons. The minimum Gasteiger partial charge on any atom is -0.390 e. The largest absolute Gasteiger partial charge is 0.390 e. The molecule has 0 saturated carbocycles. The molecule has 0 fully saturated rings. The van der Waals surface area contributed by atoms with E-state index < -0.39 is 11.0 Å². The first-order valence-corrected chi connectivity index (χ1v) is 9.20. The Balaban J connectivity index is 1.35. The average Bonchev–Trinajstić information content (AvgIpc) is 3.16. The second-order valence-electron chi connectivity index (χ2n) is 7.00. The van der Waals surface area contributed by atoms with Gasteiger partial charge >= 0.3 is 0 Å². The summed E-state index contributed by atoms with van der Waals surface area (Å²) in [5, 5.41) is 25.6. The van der Waals surface area contributed by atoms with Gasteiger partial charge in [-0.05, 0) is 29.7 Å². The van der Waals surface area contributed by atoms with Crippen LogP contribution < -0.4 is 0 Å². The van der Waals surface area contributed by atoms with Crippen LogP contribution in [0.5, 0.6) is 0 Å². The third-order valence-electron chi connectivity index (χ3n) is 4.95. The summed E-state index contributed by atoms with van der Waals surface area (Å²) in [6.07, 6.45) is 2.01. The number of non-ortho nitro benzene ring substituents is 1. The van der Waals surface area contributed by atoms with E-state index in [1.165, 1.54) is 23.3 Å². The molecular weight excluding hydrogens is 358 g/mol. The van der Waals surface area contributed by atoms with Crippen molar-refractivity contribution >= 4 is 5.69 Å². The number of nitrogens with zero attached hydrogens (tertiary/aromatic N) is 5. The summed E-state index contributed by atoms with van der Waals surface area (Å²) in [6.45, 7) is 2.69. The van der Waals surface area contributed by atoms with Gasteiger partial charge in [0.1, 0.15) is 6.33 Å². The van der Waals surface area contributed by atoms with Crippen molar-refractivity contribution in [2.45, 2.75) is 25.6 Å². The summed E-state index contributed by atoms with van der Waals surface area (Å²) in [5.41, 5.74) is 3.44. The van der Waals surface area contributed by atoms with Crippen LogP contribution >= 0.6 is 0 Å². The van der Waals surface area contributed by atoms with Gasteiger partial charge in [-0.1, -0.05) is 24.3 Å². The first-order valence-electron chi connectivity index (χ1n) is 9.20. The molecule has 1 aliphatic rings. The van der Waals surface area contributed by atoms with Crippen LogP contribution in [0.15, 0.2) is 54.9 Å². The van der Waals surface area contributed by atoms with Crippen LogP contribution in [-0.2, 0) is 19.5 Å². The van der Waals surface area contributed by atoms with Crippen molar-refractivity contribution < 1.29 is 10.0 Å². The number of hydrogen-bond acceptors (Lipinski definition) is 6. The SMILES string of the molecule is O=[N+]([O-])c1ccc(-c2ncn(C[C@H](O)CN3CCc4ccccc4C3)n2)cc1. The van der Waals surface area contributed by atoms with E-state index in [-0.39, 0.29) is 5.69 Å². The van der Waals surface area contributed by atoms with E-state index in [9.17, 15) is 15.2 Å². The summed E-state index contributed by atoms with van der Waals surface area (Å²) in [5.74, 6) is 0.481. The second kappa shape index (κ2) is 7.87. The highest BCUT2D eigenvalue weighted by Crippen LogP contribution is 2.20. The van der Waals surface area contributed by atoms with Crippen LogP contribution in [0.4, 0.5) is 5.69 Å². The minimum absolute atomic E-state index is 0.0294. The van der Waals surface area contributed by atoms with E-state index in [4.69, 9.17) is 0 Å². The van der Waals surface area contributed by atoms with Gasteiger partial charge in [0.2, 0.25) is 0 Å². The van der Waals surface area contributed by atoms with Crippen molar-refractivity contribution in [3.8, 4) is 11.4 Å². The maximum Gasteiger partial charge on any atom is 0.269 e. The fraction of sp³-hybridized carbons (Fsp3) is 0.300.